The molecule has 0 spiro atoms. The minimum Gasteiger partial charge on any atom is -0.360 e. The first kappa shape index (κ1) is 13.1. The molecule has 21 heavy (non-hydrogen) atoms. The Morgan fingerprint density at radius 3 is 2.62 bits per heavy atom. The summed E-state index contributed by atoms with van der Waals surface area (Å²) >= 11 is 0. The molecule has 3 nitrogen and oxygen atoms in total. The van der Waals surface area contributed by atoms with Crippen molar-refractivity contribution in [2.45, 2.75) is 13.8 Å². The van der Waals surface area contributed by atoms with E-state index in [1.807, 2.05) is 38.1 Å². The van der Waals surface area contributed by atoms with Crippen LogP contribution in [0.5, 0.6) is 0 Å². The molecule has 0 unspecified atom stereocenters. The number of carbonyl (C=O) groups excluding carboxylic acids is 1. The summed E-state index contributed by atoms with van der Waals surface area (Å²) in [4.78, 5) is 15.7. The molecule has 1 aromatic heterocycles. The van der Waals surface area contributed by atoms with Gasteiger partial charge in [-0.05, 0) is 43.2 Å². The van der Waals surface area contributed by atoms with E-state index in [-0.39, 0.29) is 5.78 Å². The number of carbonyl (C=O) groups is 1. The zero-order valence-electron chi connectivity index (χ0n) is 11.9. The van der Waals surface area contributed by atoms with E-state index in [0.29, 0.717) is 16.7 Å². The highest BCUT2D eigenvalue weighted by Gasteiger charge is 2.14. The van der Waals surface area contributed by atoms with E-state index in [1.54, 1.807) is 18.3 Å². The van der Waals surface area contributed by atoms with Gasteiger partial charge in [0.1, 0.15) is 0 Å². The quantitative estimate of drug-likeness (QED) is 0.721. The van der Waals surface area contributed by atoms with E-state index in [9.17, 15) is 4.79 Å². The predicted octanol–water partition coefficient (Wildman–Crippen LogP) is 3.89. The van der Waals surface area contributed by atoms with Gasteiger partial charge >= 0.3 is 0 Å². The van der Waals surface area contributed by atoms with E-state index in [4.69, 9.17) is 5.26 Å². The van der Waals surface area contributed by atoms with Crippen LogP contribution in [0.2, 0.25) is 0 Å². The summed E-state index contributed by atoms with van der Waals surface area (Å²) in [6, 6.07) is 13.1. The fourth-order valence-corrected chi connectivity index (χ4v) is 2.42. The minimum atomic E-state index is -0.00550. The van der Waals surface area contributed by atoms with Gasteiger partial charge < -0.3 is 4.98 Å². The van der Waals surface area contributed by atoms with Gasteiger partial charge in [-0.2, -0.15) is 5.26 Å². The van der Waals surface area contributed by atoms with Crippen LogP contribution in [0.4, 0.5) is 0 Å². The standard InChI is InChI=1S/C18H14N2O/c1-11-3-5-14(7-12(11)2)18(21)16-10-20-17-8-13(9-19)4-6-15(16)17/h3-8,10,20H,1-2H3. The summed E-state index contributed by atoms with van der Waals surface area (Å²) in [6.45, 7) is 4.03. The Morgan fingerprint density at radius 1 is 1.10 bits per heavy atom. The van der Waals surface area contributed by atoms with E-state index in [0.717, 1.165) is 16.5 Å². The lowest BCUT2D eigenvalue weighted by atomic mass is 9.99. The summed E-state index contributed by atoms with van der Waals surface area (Å²) in [7, 11) is 0. The van der Waals surface area contributed by atoms with Crippen LogP contribution < -0.4 is 0 Å². The van der Waals surface area contributed by atoms with Crippen molar-refractivity contribution in [1.29, 1.82) is 5.26 Å². The fourth-order valence-electron chi connectivity index (χ4n) is 2.42. The Balaban J connectivity index is 2.09. The first-order valence-electron chi connectivity index (χ1n) is 6.73. The maximum Gasteiger partial charge on any atom is 0.195 e. The molecule has 0 radical (unpaired) electrons. The zero-order valence-corrected chi connectivity index (χ0v) is 11.9. The average molecular weight is 274 g/mol. The molecule has 0 amide bonds. The van der Waals surface area contributed by atoms with Gasteiger partial charge in [-0.3, -0.25) is 4.79 Å². The summed E-state index contributed by atoms with van der Waals surface area (Å²) in [6.07, 6.45) is 1.71. The summed E-state index contributed by atoms with van der Waals surface area (Å²) in [5.41, 5.74) is 4.98. The number of H-pyrrole nitrogens is 1. The Morgan fingerprint density at radius 2 is 1.90 bits per heavy atom. The number of fused-ring (bicyclic) bond motifs is 1. The smallest absolute Gasteiger partial charge is 0.195 e. The number of benzene rings is 2. The van der Waals surface area contributed by atoms with Gasteiger partial charge in [0, 0.05) is 28.2 Å². The Bertz CT molecular complexity index is 897. The van der Waals surface area contributed by atoms with Gasteiger partial charge in [-0.15, -0.1) is 0 Å². The molecule has 0 aliphatic heterocycles. The van der Waals surface area contributed by atoms with Gasteiger partial charge in [0.15, 0.2) is 5.78 Å². The first-order valence-corrected chi connectivity index (χ1v) is 6.73. The number of aryl methyl sites for hydroxylation is 2. The third kappa shape index (κ3) is 2.21. The number of rotatable bonds is 2. The molecular weight excluding hydrogens is 260 g/mol. The molecule has 3 aromatic rings. The Hall–Kier alpha value is -2.86. The second-order valence-electron chi connectivity index (χ2n) is 5.20. The van der Waals surface area contributed by atoms with Crippen molar-refractivity contribution in [2.24, 2.45) is 0 Å². The van der Waals surface area contributed by atoms with Crippen LogP contribution in [-0.4, -0.2) is 10.8 Å². The Kier molecular flexibility index (Phi) is 3.08. The van der Waals surface area contributed by atoms with Gasteiger partial charge in [-0.1, -0.05) is 18.2 Å². The predicted molar refractivity (Wildman–Crippen MR) is 82.4 cm³/mol. The molecule has 0 saturated carbocycles. The van der Waals surface area contributed by atoms with Crippen LogP contribution >= 0.6 is 0 Å². The number of hydrogen-bond acceptors (Lipinski definition) is 2. The second-order valence-corrected chi connectivity index (χ2v) is 5.20. The van der Waals surface area contributed by atoms with Crippen molar-refractivity contribution in [1.82, 2.24) is 4.98 Å². The summed E-state index contributed by atoms with van der Waals surface area (Å²) in [5, 5.41) is 9.76. The molecule has 0 bridgehead atoms. The first-order chi connectivity index (χ1) is 10.1. The van der Waals surface area contributed by atoms with Gasteiger partial charge in [0.25, 0.3) is 0 Å². The number of nitrogens with one attached hydrogen (secondary N) is 1. The lowest BCUT2D eigenvalue weighted by Gasteiger charge is -2.04. The number of nitrogens with zero attached hydrogens (tertiary/aromatic N) is 1. The van der Waals surface area contributed by atoms with Crippen molar-refractivity contribution in [3.8, 4) is 6.07 Å². The maximum absolute atomic E-state index is 12.7. The summed E-state index contributed by atoms with van der Waals surface area (Å²) in [5.74, 6) is -0.00550. The largest absolute Gasteiger partial charge is 0.360 e. The van der Waals surface area contributed by atoms with E-state index < -0.39 is 0 Å². The van der Waals surface area contributed by atoms with Crippen LogP contribution in [0.25, 0.3) is 10.9 Å². The molecule has 0 saturated heterocycles. The van der Waals surface area contributed by atoms with Gasteiger partial charge in [0.2, 0.25) is 0 Å². The van der Waals surface area contributed by atoms with Crippen molar-refractivity contribution in [3.05, 3.63) is 70.4 Å². The lowest BCUT2D eigenvalue weighted by Crippen LogP contribution is -2.01. The number of ketones is 1. The van der Waals surface area contributed by atoms with Crippen LogP contribution in [-0.2, 0) is 0 Å². The van der Waals surface area contributed by atoms with Crippen LogP contribution in [0.1, 0.15) is 32.6 Å². The molecule has 0 atom stereocenters. The number of nitriles is 1. The molecule has 1 heterocycles. The van der Waals surface area contributed by atoms with Crippen LogP contribution in [0.15, 0.2) is 42.6 Å². The third-order valence-corrected chi connectivity index (χ3v) is 3.82. The monoisotopic (exact) mass is 274 g/mol. The van der Waals surface area contributed by atoms with Crippen LogP contribution in [0, 0.1) is 25.2 Å². The van der Waals surface area contributed by atoms with Gasteiger partial charge in [-0.25, -0.2) is 0 Å². The topological polar surface area (TPSA) is 56.6 Å². The third-order valence-electron chi connectivity index (χ3n) is 3.82. The number of hydrogen-bond donors (Lipinski definition) is 1. The van der Waals surface area contributed by atoms with E-state index in [2.05, 4.69) is 11.1 Å². The number of aromatic nitrogens is 1. The van der Waals surface area contributed by atoms with Crippen LogP contribution in [0.3, 0.4) is 0 Å². The SMILES string of the molecule is Cc1ccc(C(=O)c2c[nH]c3cc(C#N)ccc23)cc1C. The average Bonchev–Trinajstić information content (AvgIpc) is 2.92. The summed E-state index contributed by atoms with van der Waals surface area (Å²) < 4.78 is 0. The zero-order chi connectivity index (χ0) is 15.0. The number of aromatic amines is 1. The highest BCUT2D eigenvalue weighted by atomic mass is 16.1. The van der Waals surface area contributed by atoms with Crippen molar-refractivity contribution < 1.29 is 4.79 Å². The Labute approximate surface area is 122 Å². The molecule has 3 rings (SSSR count). The molecule has 102 valence electrons. The van der Waals surface area contributed by atoms with Crippen molar-refractivity contribution in [3.63, 3.8) is 0 Å². The minimum absolute atomic E-state index is 0.00550. The molecule has 0 aliphatic rings. The van der Waals surface area contributed by atoms with Crippen molar-refractivity contribution in [2.75, 3.05) is 0 Å². The lowest BCUT2D eigenvalue weighted by molar-refractivity contribution is 0.104. The molecule has 1 N–H and O–H groups in total. The maximum atomic E-state index is 12.7. The van der Waals surface area contributed by atoms with E-state index in [1.165, 1.54) is 5.56 Å². The highest BCUT2D eigenvalue weighted by Crippen LogP contribution is 2.23. The molecule has 3 heteroatoms. The molecule has 2 aromatic carbocycles. The fraction of sp³-hybridized carbons (Fsp3) is 0.111. The molecule has 0 aliphatic carbocycles. The highest BCUT2D eigenvalue weighted by molar-refractivity contribution is 6.16. The van der Waals surface area contributed by atoms with Gasteiger partial charge in [0.05, 0.1) is 11.6 Å². The van der Waals surface area contributed by atoms with E-state index >= 15 is 0 Å². The molecule has 0 fully saturated rings. The normalized spacial score (nSPS) is 10.5. The van der Waals surface area contributed by atoms with Crippen molar-refractivity contribution >= 4 is 16.7 Å². The second kappa shape index (κ2) is 4.92. The molecular formula is C18H14N2O.